The molecule has 1 heterocycles. The number of fused-ring (bicyclic) bond motifs is 1. The zero-order valence-electron chi connectivity index (χ0n) is 20.9. The van der Waals surface area contributed by atoms with Gasteiger partial charge in [0.2, 0.25) is 0 Å². The lowest BCUT2D eigenvalue weighted by Gasteiger charge is -2.19. The standard InChI is InChI=1S/C29H31NO6/c1-29(2,3)20-9-11-22(12-10-20)36-27-24-7-5-6-8-25(24)30(26(27)28(32)33)18-19-15-21(31)17-23(16-19)35-14-13-34-4/h5-12,15-17,31H,13-14,18H2,1-4H3,(H,32,33). The number of phenols is 1. The van der Waals surface area contributed by atoms with Crippen LogP contribution in [0.5, 0.6) is 23.0 Å². The van der Waals surface area contributed by atoms with Crippen molar-refractivity contribution in [3.8, 4) is 23.0 Å². The van der Waals surface area contributed by atoms with Gasteiger partial charge < -0.3 is 29.0 Å². The molecule has 36 heavy (non-hydrogen) atoms. The van der Waals surface area contributed by atoms with Crippen LogP contribution in [0.2, 0.25) is 0 Å². The Hall–Kier alpha value is -3.97. The molecule has 4 aromatic rings. The second-order valence-corrected chi connectivity index (χ2v) is 9.64. The van der Waals surface area contributed by atoms with Crippen molar-refractivity contribution in [1.82, 2.24) is 4.57 Å². The molecule has 0 radical (unpaired) electrons. The minimum absolute atomic E-state index is 0.00580. The summed E-state index contributed by atoms with van der Waals surface area (Å²) in [6.07, 6.45) is 0. The Morgan fingerprint density at radius 2 is 1.67 bits per heavy atom. The van der Waals surface area contributed by atoms with Gasteiger partial charge in [-0.3, -0.25) is 0 Å². The topological polar surface area (TPSA) is 90.2 Å². The van der Waals surface area contributed by atoms with Gasteiger partial charge in [0.1, 0.15) is 23.9 Å². The fourth-order valence-corrected chi connectivity index (χ4v) is 4.14. The van der Waals surface area contributed by atoms with Gasteiger partial charge in [0.25, 0.3) is 0 Å². The molecule has 7 nitrogen and oxygen atoms in total. The Balaban J connectivity index is 1.75. The van der Waals surface area contributed by atoms with Crippen LogP contribution in [0.3, 0.4) is 0 Å². The number of para-hydroxylation sites is 1. The van der Waals surface area contributed by atoms with Gasteiger partial charge >= 0.3 is 5.97 Å². The fourth-order valence-electron chi connectivity index (χ4n) is 4.14. The van der Waals surface area contributed by atoms with Crippen LogP contribution in [0, 0.1) is 0 Å². The molecule has 2 N–H and O–H groups in total. The number of aromatic carboxylic acids is 1. The van der Waals surface area contributed by atoms with E-state index in [0.29, 0.717) is 41.2 Å². The largest absolute Gasteiger partial charge is 0.508 e. The Labute approximate surface area is 210 Å². The van der Waals surface area contributed by atoms with Crippen molar-refractivity contribution in [1.29, 1.82) is 0 Å². The number of methoxy groups -OCH3 is 1. The summed E-state index contributed by atoms with van der Waals surface area (Å²) in [5.41, 5.74) is 2.58. The van der Waals surface area contributed by atoms with Gasteiger partial charge in [-0.15, -0.1) is 0 Å². The number of aromatic hydroxyl groups is 1. The van der Waals surface area contributed by atoms with Crippen molar-refractivity contribution in [3.05, 3.63) is 83.6 Å². The van der Waals surface area contributed by atoms with Gasteiger partial charge in [0, 0.05) is 25.1 Å². The molecule has 4 rings (SSSR count). The third kappa shape index (κ3) is 5.47. The molecule has 0 amide bonds. The number of carboxylic acid groups (broad SMARTS) is 1. The van der Waals surface area contributed by atoms with Gasteiger partial charge in [0.05, 0.1) is 12.1 Å². The van der Waals surface area contributed by atoms with Crippen LogP contribution in [0.15, 0.2) is 66.7 Å². The number of carbonyl (C=O) groups is 1. The van der Waals surface area contributed by atoms with Crippen molar-refractivity contribution in [2.45, 2.75) is 32.7 Å². The third-order valence-electron chi connectivity index (χ3n) is 5.92. The predicted octanol–water partition coefficient (Wildman–Crippen LogP) is 6.21. The van der Waals surface area contributed by atoms with Crippen LogP contribution in [0.4, 0.5) is 0 Å². The summed E-state index contributed by atoms with van der Waals surface area (Å²) in [7, 11) is 1.58. The molecular formula is C29H31NO6. The number of hydrogen-bond acceptors (Lipinski definition) is 5. The number of ether oxygens (including phenoxy) is 3. The van der Waals surface area contributed by atoms with Gasteiger partial charge in [-0.2, -0.15) is 0 Å². The first-order valence-electron chi connectivity index (χ1n) is 11.7. The van der Waals surface area contributed by atoms with Gasteiger partial charge in [-0.25, -0.2) is 4.79 Å². The molecule has 0 aliphatic heterocycles. The average Bonchev–Trinajstić information content (AvgIpc) is 3.12. The van der Waals surface area contributed by atoms with Crippen molar-refractivity contribution in [2.24, 2.45) is 0 Å². The summed E-state index contributed by atoms with van der Waals surface area (Å²) in [4.78, 5) is 12.5. The van der Waals surface area contributed by atoms with Gasteiger partial charge in [-0.05, 0) is 52.9 Å². The average molecular weight is 490 g/mol. The molecule has 0 spiro atoms. The maximum Gasteiger partial charge on any atom is 0.356 e. The predicted molar refractivity (Wildman–Crippen MR) is 139 cm³/mol. The highest BCUT2D eigenvalue weighted by molar-refractivity contribution is 6.01. The van der Waals surface area contributed by atoms with Gasteiger partial charge in [-0.1, -0.05) is 45.0 Å². The normalized spacial score (nSPS) is 11.6. The number of rotatable bonds is 9. The Bertz CT molecular complexity index is 1370. The van der Waals surface area contributed by atoms with Crippen molar-refractivity contribution in [3.63, 3.8) is 0 Å². The molecule has 0 atom stereocenters. The maximum atomic E-state index is 12.5. The van der Waals surface area contributed by atoms with E-state index in [0.717, 1.165) is 5.56 Å². The molecule has 0 fully saturated rings. The highest BCUT2D eigenvalue weighted by Gasteiger charge is 2.25. The molecule has 0 aliphatic carbocycles. The number of nitrogens with zero attached hydrogens (tertiary/aromatic N) is 1. The first-order chi connectivity index (χ1) is 17.2. The number of carboxylic acids is 1. The first kappa shape index (κ1) is 25.1. The highest BCUT2D eigenvalue weighted by atomic mass is 16.5. The summed E-state index contributed by atoms with van der Waals surface area (Å²) in [6, 6.07) is 20.0. The highest BCUT2D eigenvalue weighted by Crippen LogP contribution is 2.38. The van der Waals surface area contributed by atoms with Crippen molar-refractivity contribution in [2.75, 3.05) is 20.3 Å². The fraction of sp³-hybridized carbons (Fsp3) is 0.276. The van der Waals surface area contributed by atoms with E-state index in [4.69, 9.17) is 14.2 Å². The van der Waals surface area contributed by atoms with Crippen LogP contribution < -0.4 is 9.47 Å². The minimum Gasteiger partial charge on any atom is -0.508 e. The Morgan fingerprint density at radius 3 is 2.33 bits per heavy atom. The summed E-state index contributed by atoms with van der Waals surface area (Å²) in [5, 5.41) is 21.1. The van der Waals surface area contributed by atoms with Crippen LogP contribution in [-0.2, 0) is 16.7 Å². The number of hydrogen-bond donors (Lipinski definition) is 2. The molecule has 0 unspecified atom stereocenters. The zero-order chi connectivity index (χ0) is 25.9. The zero-order valence-corrected chi connectivity index (χ0v) is 20.9. The third-order valence-corrected chi connectivity index (χ3v) is 5.92. The van der Waals surface area contributed by atoms with E-state index in [1.807, 2.05) is 48.5 Å². The Kier molecular flexibility index (Phi) is 7.22. The molecular weight excluding hydrogens is 458 g/mol. The molecule has 0 saturated heterocycles. The molecule has 7 heteroatoms. The molecule has 1 aromatic heterocycles. The first-order valence-corrected chi connectivity index (χ1v) is 11.7. The van der Waals surface area contributed by atoms with E-state index in [1.165, 1.54) is 6.07 Å². The SMILES string of the molecule is COCCOc1cc(O)cc(Cn2c(C(=O)O)c(Oc3ccc(C(C)(C)C)cc3)c3ccccc32)c1. The van der Waals surface area contributed by atoms with Gasteiger partial charge in [0.15, 0.2) is 11.4 Å². The lowest BCUT2D eigenvalue weighted by molar-refractivity contribution is 0.0683. The van der Waals surface area contributed by atoms with Crippen LogP contribution in [0.25, 0.3) is 10.9 Å². The second-order valence-electron chi connectivity index (χ2n) is 9.64. The molecule has 0 bridgehead atoms. The number of aromatic nitrogens is 1. The number of phenolic OH excluding ortho intramolecular Hbond substituents is 1. The number of benzene rings is 3. The lowest BCUT2D eigenvalue weighted by atomic mass is 9.87. The van der Waals surface area contributed by atoms with Crippen LogP contribution >= 0.6 is 0 Å². The molecule has 0 saturated carbocycles. The van der Waals surface area contributed by atoms with Crippen LogP contribution in [-0.4, -0.2) is 41.1 Å². The summed E-state index contributed by atoms with van der Waals surface area (Å²) in [5.74, 6) is 0.233. The van der Waals surface area contributed by atoms with Crippen molar-refractivity contribution < 1.29 is 29.2 Å². The van der Waals surface area contributed by atoms with E-state index in [9.17, 15) is 15.0 Å². The summed E-state index contributed by atoms with van der Waals surface area (Å²) < 4.78 is 18.5. The van der Waals surface area contributed by atoms with E-state index in [1.54, 1.807) is 23.8 Å². The summed E-state index contributed by atoms with van der Waals surface area (Å²) in [6.45, 7) is 7.34. The smallest absolute Gasteiger partial charge is 0.356 e. The monoisotopic (exact) mass is 489 g/mol. The maximum absolute atomic E-state index is 12.5. The summed E-state index contributed by atoms with van der Waals surface area (Å²) >= 11 is 0. The molecule has 3 aromatic carbocycles. The van der Waals surface area contributed by atoms with Crippen LogP contribution in [0.1, 0.15) is 42.4 Å². The lowest BCUT2D eigenvalue weighted by Crippen LogP contribution is -2.11. The Morgan fingerprint density at radius 1 is 0.944 bits per heavy atom. The minimum atomic E-state index is -1.11. The van der Waals surface area contributed by atoms with E-state index >= 15 is 0 Å². The van der Waals surface area contributed by atoms with E-state index in [-0.39, 0.29) is 29.2 Å². The molecule has 188 valence electrons. The van der Waals surface area contributed by atoms with Crippen molar-refractivity contribution >= 4 is 16.9 Å². The van der Waals surface area contributed by atoms with E-state index < -0.39 is 5.97 Å². The second kappa shape index (κ2) is 10.3. The quantitative estimate of drug-likeness (QED) is 0.272. The van der Waals surface area contributed by atoms with E-state index in [2.05, 4.69) is 20.8 Å². The molecule has 0 aliphatic rings.